The first kappa shape index (κ1) is 20.4. The summed E-state index contributed by atoms with van der Waals surface area (Å²) in [5, 5.41) is 1.88. The molecule has 1 aliphatic rings. The Kier molecular flexibility index (Phi) is 5.52. The molecule has 1 heterocycles. The summed E-state index contributed by atoms with van der Waals surface area (Å²) in [6.07, 6.45) is 2.01. The Bertz CT molecular complexity index is 1200. The van der Waals surface area contributed by atoms with E-state index in [-0.39, 0.29) is 10.8 Å². The third kappa shape index (κ3) is 4.19. The number of nitrogens with one attached hydrogen (secondary N) is 1. The van der Waals surface area contributed by atoms with Crippen molar-refractivity contribution in [2.24, 2.45) is 5.92 Å². The molecule has 1 aliphatic heterocycles. The second-order valence-electron chi connectivity index (χ2n) is 8.19. The number of rotatable bonds is 6. The molecular formula is C24H26N2O3S. The molecule has 0 atom stereocenters. The summed E-state index contributed by atoms with van der Waals surface area (Å²) in [5.74, 6) is 0.642. The molecule has 4 rings (SSSR count). The second-order valence-corrected chi connectivity index (χ2v) is 9.87. The van der Waals surface area contributed by atoms with Crippen LogP contribution in [0.2, 0.25) is 0 Å². The van der Waals surface area contributed by atoms with Crippen molar-refractivity contribution >= 4 is 38.1 Å². The fraction of sp³-hybridized carbons (Fsp3) is 0.292. The van der Waals surface area contributed by atoms with Gasteiger partial charge in [0.15, 0.2) is 0 Å². The predicted octanol–water partition coefficient (Wildman–Crippen LogP) is 4.97. The Morgan fingerprint density at radius 2 is 1.73 bits per heavy atom. The van der Waals surface area contributed by atoms with Gasteiger partial charge in [0, 0.05) is 24.3 Å². The Hall–Kier alpha value is -2.86. The van der Waals surface area contributed by atoms with E-state index in [0.717, 1.165) is 28.4 Å². The van der Waals surface area contributed by atoms with Gasteiger partial charge in [-0.25, -0.2) is 8.42 Å². The topological polar surface area (TPSA) is 66.5 Å². The molecular weight excluding hydrogens is 396 g/mol. The zero-order valence-corrected chi connectivity index (χ0v) is 18.1. The largest absolute Gasteiger partial charge is 0.312 e. The number of sulfonamides is 1. The summed E-state index contributed by atoms with van der Waals surface area (Å²) >= 11 is 0. The van der Waals surface area contributed by atoms with E-state index in [0.29, 0.717) is 31.0 Å². The van der Waals surface area contributed by atoms with E-state index < -0.39 is 10.0 Å². The van der Waals surface area contributed by atoms with Crippen LogP contribution in [0.4, 0.5) is 11.4 Å². The number of amides is 1. The van der Waals surface area contributed by atoms with Gasteiger partial charge in [0.1, 0.15) is 0 Å². The van der Waals surface area contributed by atoms with Crippen molar-refractivity contribution in [1.82, 2.24) is 0 Å². The van der Waals surface area contributed by atoms with E-state index in [1.165, 1.54) is 0 Å². The number of nitrogens with zero attached hydrogens (tertiary/aromatic N) is 1. The maximum absolute atomic E-state index is 12.9. The standard InChI is InChI=1S/C24H26N2O3S/c1-17(2)13-14-26-23-11-9-21(15-20(23)8-12-24(26)27)25-30(28,29)22-10-7-18-5-3-4-6-19(18)16-22/h3-7,9-11,15-17,25H,8,12-14H2,1-2H3. The molecule has 156 valence electrons. The number of fused-ring (bicyclic) bond motifs is 2. The first-order chi connectivity index (χ1) is 14.3. The minimum absolute atomic E-state index is 0.132. The Labute approximate surface area is 177 Å². The van der Waals surface area contributed by atoms with Crippen molar-refractivity contribution < 1.29 is 13.2 Å². The van der Waals surface area contributed by atoms with E-state index in [9.17, 15) is 13.2 Å². The molecule has 0 saturated heterocycles. The monoisotopic (exact) mass is 422 g/mol. The highest BCUT2D eigenvalue weighted by Crippen LogP contribution is 2.32. The van der Waals surface area contributed by atoms with Crippen LogP contribution in [0, 0.1) is 5.92 Å². The van der Waals surface area contributed by atoms with Crippen LogP contribution >= 0.6 is 0 Å². The zero-order valence-electron chi connectivity index (χ0n) is 17.3. The van der Waals surface area contributed by atoms with Gasteiger partial charge in [-0.3, -0.25) is 9.52 Å². The number of benzene rings is 3. The van der Waals surface area contributed by atoms with Crippen LogP contribution in [0.15, 0.2) is 65.6 Å². The third-order valence-corrected chi connectivity index (χ3v) is 6.87. The van der Waals surface area contributed by atoms with Crippen LogP contribution in [0.25, 0.3) is 10.8 Å². The van der Waals surface area contributed by atoms with Crippen molar-refractivity contribution in [3.05, 3.63) is 66.2 Å². The number of anilines is 2. The zero-order chi connectivity index (χ0) is 21.3. The van der Waals surface area contributed by atoms with Gasteiger partial charge in [-0.05, 0) is 65.4 Å². The van der Waals surface area contributed by atoms with E-state index in [1.54, 1.807) is 18.2 Å². The number of hydrogen-bond donors (Lipinski definition) is 1. The lowest BCUT2D eigenvalue weighted by Gasteiger charge is -2.30. The smallest absolute Gasteiger partial charge is 0.261 e. The molecule has 6 heteroatoms. The van der Waals surface area contributed by atoms with Gasteiger partial charge in [-0.15, -0.1) is 0 Å². The third-order valence-electron chi connectivity index (χ3n) is 5.49. The molecule has 0 spiro atoms. The van der Waals surface area contributed by atoms with E-state index in [2.05, 4.69) is 18.6 Å². The average molecular weight is 423 g/mol. The predicted molar refractivity (Wildman–Crippen MR) is 121 cm³/mol. The Morgan fingerprint density at radius 3 is 2.50 bits per heavy atom. The molecule has 0 bridgehead atoms. The fourth-order valence-electron chi connectivity index (χ4n) is 3.80. The molecule has 3 aromatic carbocycles. The molecule has 0 aromatic heterocycles. The molecule has 0 aliphatic carbocycles. The molecule has 30 heavy (non-hydrogen) atoms. The van der Waals surface area contributed by atoms with Crippen molar-refractivity contribution in [3.8, 4) is 0 Å². The maximum Gasteiger partial charge on any atom is 0.261 e. The molecule has 1 amide bonds. The Balaban J connectivity index is 1.59. The number of aryl methyl sites for hydroxylation is 1. The summed E-state index contributed by atoms with van der Waals surface area (Å²) in [5.41, 5.74) is 2.40. The van der Waals surface area contributed by atoms with Crippen LogP contribution in [-0.4, -0.2) is 20.9 Å². The van der Waals surface area contributed by atoms with Crippen LogP contribution < -0.4 is 9.62 Å². The van der Waals surface area contributed by atoms with Crippen LogP contribution in [0.5, 0.6) is 0 Å². The van der Waals surface area contributed by atoms with Crippen molar-refractivity contribution in [1.29, 1.82) is 0 Å². The lowest BCUT2D eigenvalue weighted by molar-refractivity contribution is -0.118. The summed E-state index contributed by atoms with van der Waals surface area (Å²) in [6.45, 7) is 4.96. The first-order valence-electron chi connectivity index (χ1n) is 10.3. The van der Waals surface area contributed by atoms with E-state index in [1.807, 2.05) is 47.4 Å². The van der Waals surface area contributed by atoms with E-state index in [4.69, 9.17) is 0 Å². The van der Waals surface area contributed by atoms with Crippen LogP contribution in [0.3, 0.4) is 0 Å². The van der Waals surface area contributed by atoms with Crippen molar-refractivity contribution in [3.63, 3.8) is 0 Å². The fourth-order valence-corrected chi connectivity index (χ4v) is 4.89. The van der Waals surface area contributed by atoms with Gasteiger partial charge >= 0.3 is 0 Å². The number of hydrogen-bond acceptors (Lipinski definition) is 3. The summed E-state index contributed by atoms with van der Waals surface area (Å²) in [4.78, 5) is 14.5. The van der Waals surface area contributed by atoms with Gasteiger partial charge < -0.3 is 4.90 Å². The average Bonchev–Trinajstić information content (AvgIpc) is 2.72. The highest BCUT2D eigenvalue weighted by Gasteiger charge is 2.25. The van der Waals surface area contributed by atoms with E-state index >= 15 is 0 Å². The van der Waals surface area contributed by atoms with Crippen LogP contribution in [-0.2, 0) is 21.2 Å². The van der Waals surface area contributed by atoms with Gasteiger partial charge in [-0.2, -0.15) is 0 Å². The lowest BCUT2D eigenvalue weighted by Crippen LogP contribution is -2.36. The Morgan fingerprint density at radius 1 is 0.967 bits per heavy atom. The van der Waals surface area contributed by atoms with Gasteiger partial charge in [-0.1, -0.05) is 44.2 Å². The lowest BCUT2D eigenvalue weighted by atomic mass is 9.99. The van der Waals surface area contributed by atoms with Gasteiger partial charge in [0.2, 0.25) is 5.91 Å². The minimum atomic E-state index is -3.71. The van der Waals surface area contributed by atoms with Gasteiger partial charge in [0.25, 0.3) is 10.0 Å². The molecule has 5 nitrogen and oxygen atoms in total. The molecule has 0 saturated carbocycles. The molecule has 3 aromatic rings. The normalized spacial score (nSPS) is 14.2. The molecule has 0 radical (unpaired) electrons. The summed E-state index contributed by atoms with van der Waals surface area (Å²) in [7, 11) is -3.71. The quantitative estimate of drug-likeness (QED) is 0.610. The highest BCUT2D eigenvalue weighted by atomic mass is 32.2. The van der Waals surface area contributed by atoms with Crippen molar-refractivity contribution in [2.45, 2.75) is 38.0 Å². The van der Waals surface area contributed by atoms with Crippen molar-refractivity contribution in [2.75, 3.05) is 16.2 Å². The molecule has 1 N–H and O–H groups in total. The second kappa shape index (κ2) is 8.11. The summed E-state index contributed by atoms with van der Waals surface area (Å²) in [6, 6.07) is 18.2. The highest BCUT2D eigenvalue weighted by molar-refractivity contribution is 7.92. The SMILES string of the molecule is CC(C)CCN1C(=O)CCc2cc(NS(=O)(=O)c3ccc4ccccc4c3)ccc21. The van der Waals surface area contributed by atoms with Gasteiger partial charge in [0.05, 0.1) is 4.90 Å². The van der Waals surface area contributed by atoms with Crippen LogP contribution in [0.1, 0.15) is 32.3 Å². The first-order valence-corrected chi connectivity index (χ1v) is 11.8. The number of carbonyl (C=O) groups excluding carboxylic acids is 1. The molecule has 0 unspecified atom stereocenters. The molecule has 0 fully saturated rings. The number of carbonyl (C=O) groups is 1. The maximum atomic E-state index is 12.9. The minimum Gasteiger partial charge on any atom is -0.312 e. The summed E-state index contributed by atoms with van der Waals surface area (Å²) < 4.78 is 28.6.